The molecule has 0 aliphatic rings. The van der Waals surface area contributed by atoms with Crippen LogP contribution in [-0.4, -0.2) is 24.7 Å². The fourth-order valence-corrected chi connectivity index (χ4v) is 2.02. The summed E-state index contributed by atoms with van der Waals surface area (Å²) in [7, 11) is 1.94. The molecule has 3 heteroatoms. The maximum absolute atomic E-state index is 11.0. The molecule has 0 saturated heterocycles. The van der Waals surface area contributed by atoms with Crippen molar-refractivity contribution in [1.29, 1.82) is 0 Å². The van der Waals surface area contributed by atoms with Gasteiger partial charge in [0.2, 0.25) is 0 Å². The van der Waals surface area contributed by atoms with Gasteiger partial charge >= 0.3 is 5.97 Å². The topological polar surface area (TPSA) is 40.5 Å². The van der Waals surface area contributed by atoms with Gasteiger partial charge in [0.15, 0.2) is 0 Å². The lowest BCUT2D eigenvalue weighted by atomic mass is 10.1. The van der Waals surface area contributed by atoms with Gasteiger partial charge in [-0.15, -0.1) is 0 Å². The van der Waals surface area contributed by atoms with Gasteiger partial charge in [-0.2, -0.15) is 0 Å². The summed E-state index contributed by atoms with van der Waals surface area (Å²) in [5.74, 6) is -1.02. The van der Waals surface area contributed by atoms with Gasteiger partial charge in [-0.3, -0.25) is 4.79 Å². The molecule has 1 aromatic carbocycles. The maximum Gasteiger partial charge on any atom is 0.308 e. The molecular formula is C15H23NO2. The van der Waals surface area contributed by atoms with Gasteiger partial charge in [-0.05, 0) is 30.5 Å². The zero-order chi connectivity index (χ0) is 13.5. The van der Waals surface area contributed by atoms with E-state index < -0.39 is 5.97 Å². The Morgan fingerprint density at radius 1 is 1.28 bits per heavy atom. The van der Waals surface area contributed by atoms with E-state index in [0.717, 1.165) is 18.5 Å². The molecule has 1 rings (SSSR count). The third-order valence-electron chi connectivity index (χ3n) is 3.25. The van der Waals surface area contributed by atoms with Crippen LogP contribution in [0.15, 0.2) is 24.3 Å². The molecule has 0 spiro atoms. The Morgan fingerprint density at radius 2 is 1.89 bits per heavy atom. The van der Waals surface area contributed by atoms with Gasteiger partial charge in [-0.25, -0.2) is 0 Å². The van der Waals surface area contributed by atoms with Crippen LogP contribution < -0.4 is 4.90 Å². The number of rotatable bonds is 7. The lowest BCUT2D eigenvalue weighted by molar-refractivity contribution is -0.141. The second-order valence-corrected chi connectivity index (χ2v) is 4.74. The van der Waals surface area contributed by atoms with Crippen molar-refractivity contribution in [3.63, 3.8) is 0 Å². The van der Waals surface area contributed by atoms with Crippen molar-refractivity contribution in [2.24, 2.45) is 5.92 Å². The minimum Gasteiger partial charge on any atom is -0.481 e. The molecular weight excluding hydrogens is 226 g/mol. The summed E-state index contributed by atoms with van der Waals surface area (Å²) in [6.07, 6.45) is 2.90. The largest absolute Gasteiger partial charge is 0.481 e. The minimum absolute atomic E-state index is 0.301. The lowest BCUT2D eigenvalue weighted by Crippen LogP contribution is -2.29. The second-order valence-electron chi connectivity index (χ2n) is 4.74. The first-order valence-electron chi connectivity index (χ1n) is 6.61. The van der Waals surface area contributed by atoms with Crippen LogP contribution in [0.3, 0.4) is 0 Å². The molecule has 3 nitrogen and oxygen atoms in total. The summed E-state index contributed by atoms with van der Waals surface area (Å²) in [5.41, 5.74) is 2.41. The number of aliphatic carboxylic acids is 1. The van der Waals surface area contributed by atoms with Crippen LogP contribution >= 0.6 is 0 Å². The molecule has 1 atom stereocenters. The Kier molecular flexibility index (Phi) is 5.69. The summed E-state index contributed by atoms with van der Waals surface area (Å²) >= 11 is 0. The van der Waals surface area contributed by atoms with Crippen molar-refractivity contribution in [3.8, 4) is 0 Å². The highest BCUT2D eigenvalue weighted by Crippen LogP contribution is 2.17. The Labute approximate surface area is 109 Å². The van der Waals surface area contributed by atoms with Gasteiger partial charge in [0, 0.05) is 19.3 Å². The van der Waals surface area contributed by atoms with Crippen LogP contribution in [0.1, 0.15) is 32.3 Å². The first kappa shape index (κ1) is 14.6. The van der Waals surface area contributed by atoms with Gasteiger partial charge in [0.1, 0.15) is 0 Å². The standard InChI is InChI=1S/C15H23NO2/c1-4-6-12-7-9-14(10-8-12)16(3)11-13(5-2)15(17)18/h7-10,13H,4-6,11H2,1-3H3,(H,17,18). The molecule has 0 saturated carbocycles. The highest BCUT2D eigenvalue weighted by molar-refractivity contribution is 5.71. The Balaban J connectivity index is 2.65. The van der Waals surface area contributed by atoms with Gasteiger partial charge < -0.3 is 10.0 Å². The normalized spacial score (nSPS) is 12.2. The monoisotopic (exact) mass is 249 g/mol. The molecule has 1 unspecified atom stereocenters. The third-order valence-corrected chi connectivity index (χ3v) is 3.25. The molecule has 0 heterocycles. The van der Waals surface area contributed by atoms with Crippen LogP contribution in [0.25, 0.3) is 0 Å². The molecule has 0 fully saturated rings. The number of anilines is 1. The molecule has 0 radical (unpaired) electrons. The molecule has 0 aromatic heterocycles. The van der Waals surface area contributed by atoms with Crippen LogP contribution in [0.5, 0.6) is 0 Å². The molecule has 0 aliphatic heterocycles. The van der Waals surface area contributed by atoms with E-state index in [2.05, 4.69) is 31.2 Å². The Hall–Kier alpha value is -1.51. The van der Waals surface area contributed by atoms with Crippen LogP contribution in [0.4, 0.5) is 5.69 Å². The molecule has 1 aromatic rings. The minimum atomic E-state index is -0.716. The SMILES string of the molecule is CCCc1ccc(N(C)CC(CC)C(=O)O)cc1. The van der Waals surface area contributed by atoms with E-state index in [1.165, 1.54) is 5.56 Å². The van der Waals surface area contributed by atoms with Gasteiger partial charge in [0.25, 0.3) is 0 Å². The van der Waals surface area contributed by atoms with Crippen molar-refractivity contribution in [2.45, 2.75) is 33.1 Å². The van der Waals surface area contributed by atoms with Crippen LogP contribution in [-0.2, 0) is 11.2 Å². The lowest BCUT2D eigenvalue weighted by Gasteiger charge is -2.23. The molecule has 18 heavy (non-hydrogen) atoms. The van der Waals surface area contributed by atoms with E-state index >= 15 is 0 Å². The summed E-state index contributed by atoms with van der Waals surface area (Å²) in [4.78, 5) is 13.0. The van der Waals surface area contributed by atoms with Gasteiger partial charge in [0.05, 0.1) is 5.92 Å². The first-order chi connectivity index (χ1) is 8.58. The average Bonchev–Trinajstić information content (AvgIpc) is 2.36. The number of carbonyl (C=O) groups is 1. The van der Waals surface area contributed by atoms with E-state index in [4.69, 9.17) is 5.11 Å². The van der Waals surface area contributed by atoms with E-state index in [9.17, 15) is 4.79 Å². The Morgan fingerprint density at radius 3 is 2.33 bits per heavy atom. The van der Waals surface area contributed by atoms with E-state index in [1.54, 1.807) is 0 Å². The molecule has 0 bridgehead atoms. The van der Waals surface area contributed by atoms with E-state index in [-0.39, 0.29) is 5.92 Å². The van der Waals surface area contributed by atoms with Crippen LogP contribution in [0.2, 0.25) is 0 Å². The fraction of sp³-hybridized carbons (Fsp3) is 0.533. The summed E-state index contributed by atoms with van der Waals surface area (Å²) in [6, 6.07) is 8.38. The number of aryl methyl sites for hydroxylation is 1. The third kappa shape index (κ3) is 4.06. The second kappa shape index (κ2) is 7.04. The number of nitrogens with zero attached hydrogens (tertiary/aromatic N) is 1. The number of benzene rings is 1. The molecule has 0 aliphatic carbocycles. The van der Waals surface area contributed by atoms with E-state index in [0.29, 0.717) is 13.0 Å². The van der Waals surface area contributed by atoms with Crippen molar-refractivity contribution in [1.82, 2.24) is 0 Å². The highest BCUT2D eigenvalue weighted by atomic mass is 16.4. The number of carboxylic acid groups (broad SMARTS) is 1. The smallest absolute Gasteiger partial charge is 0.308 e. The van der Waals surface area contributed by atoms with E-state index in [1.807, 2.05) is 18.9 Å². The molecule has 0 amide bonds. The number of carboxylic acids is 1. The van der Waals surface area contributed by atoms with Gasteiger partial charge in [-0.1, -0.05) is 32.4 Å². The quantitative estimate of drug-likeness (QED) is 0.806. The summed E-state index contributed by atoms with van der Waals surface area (Å²) < 4.78 is 0. The molecule has 1 N–H and O–H groups in total. The zero-order valence-corrected chi connectivity index (χ0v) is 11.5. The number of hydrogen-bond donors (Lipinski definition) is 1. The fourth-order valence-electron chi connectivity index (χ4n) is 2.02. The average molecular weight is 249 g/mol. The Bertz CT molecular complexity index is 373. The van der Waals surface area contributed by atoms with Crippen molar-refractivity contribution in [3.05, 3.63) is 29.8 Å². The predicted octanol–water partition coefficient (Wildman–Crippen LogP) is 3.19. The van der Waals surface area contributed by atoms with Crippen LogP contribution in [0, 0.1) is 5.92 Å². The molecule has 100 valence electrons. The van der Waals surface area contributed by atoms with Crippen molar-refractivity contribution >= 4 is 11.7 Å². The zero-order valence-electron chi connectivity index (χ0n) is 11.5. The van der Waals surface area contributed by atoms with Crippen molar-refractivity contribution < 1.29 is 9.90 Å². The first-order valence-corrected chi connectivity index (χ1v) is 6.61. The number of hydrogen-bond acceptors (Lipinski definition) is 2. The van der Waals surface area contributed by atoms with Crippen molar-refractivity contribution in [2.75, 3.05) is 18.5 Å². The predicted molar refractivity (Wildman–Crippen MR) is 75.1 cm³/mol. The maximum atomic E-state index is 11.0. The summed E-state index contributed by atoms with van der Waals surface area (Å²) in [6.45, 7) is 4.63. The highest BCUT2D eigenvalue weighted by Gasteiger charge is 2.17. The summed E-state index contributed by atoms with van der Waals surface area (Å²) in [5, 5.41) is 9.06.